The van der Waals surface area contributed by atoms with E-state index < -0.39 is 48.5 Å². The highest BCUT2D eigenvalue weighted by Crippen LogP contribution is 2.39. The number of carbonyl (C=O) groups excluding carboxylic acids is 2. The van der Waals surface area contributed by atoms with Crippen LogP contribution in [-0.4, -0.2) is 53.2 Å². The largest absolute Gasteiger partial charge is 0.490 e. The molecule has 2 aromatic carbocycles. The number of carbonyl (C=O) groups is 2. The van der Waals surface area contributed by atoms with E-state index in [9.17, 15) is 35.9 Å². The van der Waals surface area contributed by atoms with Crippen molar-refractivity contribution < 1.29 is 40.7 Å². The highest BCUT2D eigenvalue weighted by Gasteiger charge is 2.50. The SMILES string of the molecule is O=C1c2cccc(C(F)(F)F)c2C[C@@H]2C(OC(=O)C(F)(F)F)N(Cc3ccccc3)CCN12. The zero-order chi connectivity index (χ0) is 24.0. The number of nitrogens with zero attached hydrogens (tertiary/aromatic N) is 2. The van der Waals surface area contributed by atoms with Gasteiger partial charge in [0.25, 0.3) is 5.91 Å². The van der Waals surface area contributed by atoms with E-state index in [1.54, 1.807) is 30.3 Å². The topological polar surface area (TPSA) is 49.9 Å². The molecule has 0 spiro atoms. The summed E-state index contributed by atoms with van der Waals surface area (Å²) >= 11 is 0. The smallest absolute Gasteiger partial charge is 0.437 e. The fourth-order valence-corrected chi connectivity index (χ4v) is 4.34. The zero-order valence-electron chi connectivity index (χ0n) is 17.0. The molecule has 2 aliphatic rings. The zero-order valence-corrected chi connectivity index (χ0v) is 17.0. The van der Waals surface area contributed by atoms with Crippen LogP contribution in [0.3, 0.4) is 0 Å². The summed E-state index contributed by atoms with van der Waals surface area (Å²) in [4.78, 5) is 27.3. The van der Waals surface area contributed by atoms with Crippen LogP contribution >= 0.6 is 0 Å². The van der Waals surface area contributed by atoms with Crippen molar-refractivity contribution in [2.75, 3.05) is 13.1 Å². The van der Waals surface area contributed by atoms with Crippen molar-refractivity contribution in [2.45, 2.75) is 37.6 Å². The minimum Gasteiger partial charge on any atom is -0.437 e. The maximum absolute atomic E-state index is 13.6. The Labute approximate surface area is 184 Å². The van der Waals surface area contributed by atoms with Crippen molar-refractivity contribution in [3.8, 4) is 0 Å². The quantitative estimate of drug-likeness (QED) is 0.500. The number of rotatable bonds is 3. The molecule has 2 aliphatic heterocycles. The van der Waals surface area contributed by atoms with Crippen LogP contribution in [0.1, 0.15) is 27.0 Å². The van der Waals surface area contributed by atoms with Crippen LogP contribution in [0.2, 0.25) is 0 Å². The molecule has 4 rings (SSSR count). The number of hydrogen-bond acceptors (Lipinski definition) is 4. The maximum Gasteiger partial charge on any atom is 0.490 e. The van der Waals surface area contributed by atoms with Crippen LogP contribution in [0.25, 0.3) is 0 Å². The second kappa shape index (κ2) is 8.36. The third kappa shape index (κ3) is 4.54. The molecule has 0 radical (unpaired) electrons. The van der Waals surface area contributed by atoms with Gasteiger partial charge in [0.15, 0.2) is 6.23 Å². The van der Waals surface area contributed by atoms with E-state index in [1.165, 1.54) is 15.9 Å². The number of alkyl halides is 6. The molecule has 1 amide bonds. The van der Waals surface area contributed by atoms with Gasteiger partial charge >= 0.3 is 18.3 Å². The molecule has 1 saturated heterocycles. The first-order valence-electron chi connectivity index (χ1n) is 10.0. The van der Waals surface area contributed by atoms with Gasteiger partial charge in [0.1, 0.15) is 0 Å². The van der Waals surface area contributed by atoms with Crippen molar-refractivity contribution in [3.05, 3.63) is 70.8 Å². The summed E-state index contributed by atoms with van der Waals surface area (Å²) in [6.45, 7) is 0.219. The first kappa shape index (κ1) is 23.1. The highest BCUT2D eigenvalue weighted by atomic mass is 19.4. The third-order valence-corrected chi connectivity index (χ3v) is 5.79. The molecule has 1 fully saturated rings. The van der Waals surface area contributed by atoms with E-state index in [2.05, 4.69) is 0 Å². The maximum atomic E-state index is 13.6. The predicted octanol–water partition coefficient (Wildman–Crippen LogP) is 4.02. The molecule has 2 aromatic rings. The normalized spacial score (nSPS) is 21.4. The number of fused-ring (bicyclic) bond motifs is 2. The van der Waals surface area contributed by atoms with E-state index in [4.69, 9.17) is 4.74 Å². The molecule has 176 valence electrons. The van der Waals surface area contributed by atoms with Crippen LogP contribution in [0.4, 0.5) is 26.3 Å². The van der Waals surface area contributed by atoms with Gasteiger partial charge in [-0.15, -0.1) is 0 Å². The van der Waals surface area contributed by atoms with E-state index >= 15 is 0 Å². The Kier molecular flexibility index (Phi) is 5.85. The molecule has 0 bridgehead atoms. The molecular formula is C22H18F6N2O3. The minimum atomic E-state index is -5.30. The summed E-state index contributed by atoms with van der Waals surface area (Å²) in [5.74, 6) is -3.20. The lowest BCUT2D eigenvalue weighted by Crippen LogP contribution is -2.64. The summed E-state index contributed by atoms with van der Waals surface area (Å²) in [5, 5.41) is 0. The number of amides is 1. The van der Waals surface area contributed by atoms with E-state index in [-0.39, 0.29) is 30.8 Å². The average molecular weight is 472 g/mol. The van der Waals surface area contributed by atoms with Gasteiger partial charge in [-0.25, -0.2) is 4.79 Å². The van der Waals surface area contributed by atoms with Gasteiger partial charge in [-0.3, -0.25) is 9.69 Å². The Hall–Kier alpha value is -3.08. The lowest BCUT2D eigenvalue weighted by atomic mass is 9.87. The molecule has 0 aromatic heterocycles. The Balaban J connectivity index is 1.73. The summed E-state index contributed by atoms with van der Waals surface area (Å²) in [7, 11) is 0. The van der Waals surface area contributed by atoms with Crippen molar-refractivity contribution >= 4 is 11.9 Å². The number of halogens is 6. The molecule has 5 nitrogen and oxygen atoms in total. The number of piperazine rings is 1. The summed E-state index contributed by atoms with van der Waals surface area (Å²) in [5.41, 5.74) is -0.795. The fourth-order valence-electron chi connectivity index (χ4n) is 4.34. The summed E-state index contributed by atoms with van der Waals surface area (Å²) in [6.07, 6.45) is -12.0. The van der Waals surface area contributed by atoms with Crippen LogP contribution < -0.4 is 0 Å². The molecule has 11 heteroatoms. The lowest BCUT2D eigenvalue weighted by Gasteiger charge is -2.49. The van der Waals surface area contributed by atoms with Crippen molar-refractivity contribution in [3.63, 3.8) is 0 Å². The molecule has 0 N–H and O–H groups in total. The van der Waals surface area contributed by atoms with Gasteiger partial charge < -0.3 is 9.64 Å². The van der Waals surface area contributed by atoms with Crippen LogP contribution in [0.5, 0.6) is 0 Å². The first-order chi connectivity index (χ1) is 15.5. The number of benzene rings is 2. The van der Waals surface area contributed by atoms with E-state index in [0.717, 1.165) is 12.1 Å². The lowest BCUT2D eigenvalue weighted by molar-refractivity contribution is -0.221. The Bertz CT molecular complexity index is 1050. The molecule has 2 atom stereocenters. The standard InChI is InChI=1S/C22H18F6N2O3/c23-21(24,25)16-8-4-7-14-15(16)11-17-19(33-20(32)22(26,27)28)29(9-10-30(17)18(14)31)12-13-5-2-1-3-6-13/h1-8,17,19H,9-12H2/t17-,19?/m1/s1. The molecule has 33 heavy (non-hydrogen) atoms. The Morgan fingerprint density at radius 1 is 0.970 bits per heavy atom. The predicted molar refractivity (Wildman–Crippen MR) is 103 cm³/mol. The fraction of sp³-hybridized carbons (Fsp3) is 0.364. The molecular weight excluding hydrogens is 454 g/mol. The average Bonchev–Trinajstić information content (AvgIpc) is 2.74. The van der Waals surface area contributed by atoms with Crippen LogP contribution in [0.15, 0.2) is 48.5 Å². The van der Waals surface area contributed by atoms with Gasteiger partial charge in [0.2, 0.25) is 0 Å². The molecule has 0 saturated carbocycles. The number of esters is 1. The molecule has 0 aliphatic carbocycles. The second-order valence-corrected chi connectivity index (χ2v) is 7.85. The third-order valence-electron chi connectivity index (χ3n) is 5.79. The van der Waals surface area contributed by atoms with Crippen LogP contribution in [-0.2, 0) is 28.7 Å². The van der Waals surface area contributed by atoms with Crippen molar-refractivity contribution in [2.24, 2.45) is 0 Å². The molecule has 2 heterocycles. The van der Waals surface area contributed by atoms with Gasteiger partial charge in [-0.05, 0) is 29.7 Å². The van der Waals surface area contributed by atoms with Crippen molar-refractivity contribution in [1.82, 2.24) is 9.80 Å². The first-order valence-corrected chi connectivity index (χ1v) is 10.0. The molecule has 1 unspecified atom stereocenters. The van der Waals surface area contributed by atoms with E-state index in [0.29, 0.717) is 5.56 Å². The Morgan fingerprint density at radius 3 is 2.30 bits per heavy atom. The number of hydrogen-bond donors (Lipinski definition) is 0. The highest BCUT2D eigenvalue weighted by molar-refractivity contribution is 5.97. The van der Waals surface area contributed by atoms with Gasteiger partial charge in [0.05, 0.1) is 11.6 Å². The summed E-state index contributed by atoms with van der Waals surface area (Å²) < 4.78 is 84.5. The minimum absolute atomic E-state index is 0.0616. The van der Waals surface area contributed by atoms with E-state index in [1.807, 2.05) is 0 Å². The Morgan fingerprint density at radius 2 is 1.67 bits per heavy atom. The number of ether oxygens (including phenoxy) is 1. The van der Waals surface area contributed by atoms with Gasteiger partial charge in [-0.2, -0.15) is 26.3 Å². The monoisotopic (exact) mass is 472 g/mol. The summed E-state index contributed by atoms with van der Waals surface area (Å²) in [6, 6.07) is 10.6. The van der Waals surface area contributed by atoms with Crippen LogP contribution in [0, 0.1) is 0 Å². The van der Waals surface area contributed by atoms with Gasteiger partial charge in [-0.1, -0.05) is 36.4 Å². The van der Waals surface area contributed by atoms with Crippen molar-refractivity contribution in [1.29, 1.82) is 0 Å². The second-order valence-electron chi connectivity index (χ2n) is 7.85. The van der Waals surface area contributed by atoms with Gasteiger partial charge in [0, 0.05) is 25.2 Å².